The normalized spacial score (nSPS) is 17.9. The Labute approximate surface area is 122 Å². The minimum atomic E-state index is -1.10. The topological polar surface area (TPSA) is 69.6 Å². The molecule has 6 heteroatoms. The van der Waals surface area contributed by atoms with Crippen LogP contribution in [-0.2, 0) is 9.59 Å². The van der Waals surface area contributed by atoms with Crippen molar-refractivity contribution in [2.75, 3.05) is 18.0 Å². The van der Waals surface area contributed by atoms with Gasteiger partial charge in [-0.25, -0.2) is 9.18 Å². The lowest BCUT2D eigenvalue weighted by atomic mass is 9.97. The standard InChI is InChI=1S/C15H17FN2O3/c1-15(2)14(21)17-5-6-18(15)12-8-10(3-4-13(19)20)7-11(16)9-12/h3-4,7-9H,5-6H2,1-2H3,(H,17,21)(H,19,20)/b4-3+. The summed E-state index contributed by atoms with van der Waals surface area (Å²) in [5.74, 6) is -1.70. The molecule has 0 radical (unpaired) electrons. The third-order valence-corrected chi connectivity index (χ3v) is 3.49. The molecule has 0 saturated carbocycles. The van der Waals surface area contributed by atoms with Gasteiger partial charge in [-0.1, -0.05) is 0 Å². The number of carbonyl (C=O) groups is 2. The van der Waals surface area contributed by atoms with Crippen molar-refractivity contribution < 1.29 is 19.1 Å². The molecule has 1 aromatic rings. The summed E-state index contributed by atoms with van der Waals surface area (Å²) >= 11 is 0. The van der Waals surface area contributed by atoms with Crippen LogP contribution in [0.15, 0.2) is 24.3 Å². The van der Waals surface area contributed by atoms with Crippen LogP contribution in [-0.4, -0.2) is 35.6 Å². The Morgan fingerprint density at radius 1 is 1.43 bits per heavy atom. The fraction of sp³-hybridized carbons (Fsp3) is 0.333. The van der Waals surface area contributed by atoms with Crippen LogP contribution in [0.25, 0.3) is 6.08 Å². The Morgan fingerprint density at radius 3 is 2.81 bits per heavy atom. The van der Waals surface area contributed by atoms with E-state index in [1.807, 2.05) is 4.90 Å². The highest BCUT2D eigenvalue weighted by molar-refractivity contribution is 5.90. The lowest BCUT2D eigenvalue weighted by molar-refractivity contribution is -0.131. The number of carboxylic acid groups (broad SMARTS) is 1. The SMILES string of the molecule is CC1(C)C(=O)NCCN1c1cc(F)cc(/C=C/C(=O)O)c1. The van der Waals surface area contributed by atoms with Crippen molar-refractivity contribution in [3.63, 3.8) is 0 Å². The zero-order valence-electron chi connectivity index (χ0n) is 11.9. The van der Waals surface area contributed by atoms with Crippen LogP contribution in [0, 0.1) is 5.82 Å². The molecular formula is C15H17FN2O3. The van der Waals surface area contributed by atoms with Crippen molar-refractivity contribution in [2.24, 2.45) is 0 Å². The Bertz CT molecular complexity index is 611. The Kier molecular flexibility index (Phi) is 3.97. The fourth-order valence-corrected chi connectivity index (χ4v) is 2.37. The molecule has 1 saturated heterocycles. The number of halogens is 1. The zero-order chi connectivity index (χ0) is 15.6. The second-order valence-corrected chi connectivity index (χ2v) is 5.38. The van der Waals surface area contributed by atoms with Gasteiger partial charge in [0, 0.05) is 24.9 Å². The number of nitrogens with one attached hydrogen (secondary N) is 1. The van der Waals surface area contributed by atoms with Gasteiger partial charge in [0.2, 0.25) is 5.91 Å². The van der Waals surface area contributed by atoms with E-state index in [2.05, 4.69) is 5.32 Å². The molecule has 0 unspecified atom stereocenters. The first-order valence-corrected chi connectivity index (χ1v) is 6.58. The highest BCUT2D eigenvalue weighted by atomic mass is 19.1. The number of nitrogens with zero attached hydrogens (tertiary/aromatic N) is 1. The number of carbonyl (C=O) groups excluding carboxylic acids is 1. The smallest absolute Gasteiger partial charge is 0.328 e. The van der Waals surface area contributed by atoms with Crippen LogP contribution >= 0.6 is 0 Å². The minimum Gasteiger partial charge on any atom is -0.478 e. The van der Waals surface area contributed by atoms with E-state index in [0.29, 0.717) is 24.3 Å². The molecule has 1 aliphatic rings. The maximum atomic E-state index is 13.7. The van der Waals surface area contributed by atoms with E-state index in [9.17, 15) is 14.0 Å². The second kappa shape index (κ2) is 5.55. The average molecular weight is 292 g/mol. The first-order chi connectivity index (χ1) is 9.80. The van der Waals surface area contributed by atoms with Gasteiger partial charge in [-0.05, 0) is 43.7 Å². The first kappa shape index (κ1) is 15.0. The van der Waals surface area contributed by atoms with Crippen LogP contribution in [0.1, 0.15) is 19.4 Å². The summed E-state index contributed by atoms with van der Waals surface area (Å²) < 4.78 is 13.7. The van der Waals surface area contributed by atoms with Gasteiger partial charge in [0.25, 0.3) is 0 Å². The van der Waals surface area contributed by atoms with Gasteiger partial charge in [0.1, 0.15) is 11.4 Å². The third-order valence-electron chi connectivity index (χ3n) is 3.49. The summed E-state index contributed by atoms with van der Waals surface area (Å²) in [6.07, 6.45) is 2.28. The number of hydrogen-bond donors (Lipinski definition) is 2. The number of carboxylic acids is 1. The number of piperazine rings is 1. The molecule has 0 spiro atoms. The van der Waals surface area contributed by atoms with Crippen molar-refractivity contribution in [2.45, 2.75) is 19.4 Å². The van der Waals surface area contributed by atoms with Crippen molar-refractivity contribution >= 4 is 23.6 Å². The summed E-state index contributed by atoms with van der Waals surface area (Å²) in [4.78, 5) is 24.3. The first-order valence-electron chi connectivity index (χ1n) is 6.58. The highest BCUT2D eigenvalue weighted by Gasteiger charge is 2.37. The summed E-state index contributed by atoms with van der Waals surface area (Å²) in [6.45, 7) is 4.57. The molecule has 1 aliphatic heterocycles. The maximum Gasteiger partial charge on any atom is 0.328 e. The van der Waals surface area contributed by atoms with Gasteiger partial charge in [-0.15, -0.1) is 0 Å². The van der Waals surface area contributed by atoms with Crippen molar-refractivity contribution in [3.05, 3.63) is 35.7 Å². The van der Waals surface area contributed by atoms with E-state index in [1.165, 1.54) is 18.2 Å². The Balaban J connectivity index is 2.39. The number of hydrogen-bond acceptors (Lipinski definition) is 3. The molecule has 1 heterocycles. The maximum absolute atomic E-state index is 13.7. The number of benzene rings is 1. The van der Waals surface area contributed by atoms with Crippen molar-refractivity contribution in [1.29, 1.82) is 0 Å². The van der Waals surface area contributed by atoms with Gasteiger partial charge in [0.05, 0.1) is 0 Å². The molecule has 2 rings (SSSR count). The van der Waals surface area contributed by atoms with Gasteiger partial charge in [0.15, 0.2) is 0 Å². The molecule has 112 valence electrons. The third kappa shape index (κ3) is 3.21. The van der Waals surface area contributed by atoms with Gasteiger partial charge < -0.3 is 15.3 Å². The lowest BCUT2D eigenvalue weighted by Crippen LogP contribution is -2.62. The quantitative estimate of drug-likeness (QED) is 0.831. The summed E-state index contributed by atoms with van der Waals surface area (Å²) in [6, 6.07) is 4.27. The van der Waals surface area contributed by atoms with E-state index in [-0.39, 0.29) is 5.91 Å². The van der Waals surface area contributed by atoms with Crippen LogP contribution < -0.4 is 10.2 Å². The van der Waals surface area contributed by atoms with E-state index >= 15 is 0 Å². The Hall–Kier alpha value is -2.37. The predicted octanol–water partition coefficient (Wildman–Crippen LogP) is 1.64. The average Bonchev–Trinajstić information content (AvgIpc) is 2.39. The van der Waals surface area contributed by atoms with Crippen LogP contribution in [0.5, 0.6) is 0 Å². The molecule has 2 N–H and O–H groups in total. The molecular weight excluding hydrogens is 275 g/mol. The van der Waals surface area contributed by atoms with Crippen LogP contribution in [0.4, 0.5) is 10.1 Å². The summed E-state index contributed by atoms with van der Waals surface area (Å²) in [5, 5.41) is 11.4. The number of rotatable bonds is 3. The van der Waals surface area contributed by atoms with Gasteiger partial charge in [-0.3, -0.25) is 4.79 Å². The van der Waals surface area contributed by atoms with Gasteiger partial charge in [-0.2, -0.15) is 0 Å². The van der Waals surface area contributed by atoms with E-state index in [0.717, 1.165) is 6.08 Å². The van der Waals surface area contributed by atoms with Crippen LogP contribution in [0.3, 0.4) is 0 Å². The minimum absolute atomic E-state index is 0.124. The van der Waals surface area contributed by atoms with E-state index in [4.69, 9.17) is 5.11 Å². The van der Waals surface area contributed by atoms with E-state index in [1.54, 1.807) is 19.9 Å². The molecule has 1 fully saturated rings. The molecule has 0 bridgehead atoms. The monoisotopic (exact) mass is 292 g/mol. The van der Waals surface area contributed by atoms with Crippen molar-refractivity contribution in [1.82, 2.24) is 5.32 Å². The van der Waals surface area contributed by atoms with Crippen molar-refractivity contribution in [3.8, 4) is 0 Å². The summed E-state index contributed by atoms with van der Waals surface area (Å²) in [7, 11) is 0. The second-order valence-electron chi connectivity index (χ2n) is 5.38. The van der Waals surface area contributed by atoms with E-state index < -0.39 is 17.3 Å². The fourth-order valence-electron chi connectivity index (χ4n) is 2.37. The summed E-state index contributed by atoms with van der Waals surface area (Å²) in [5.41, 5.74) is 0.203. The Morgan fingerprint density at radius 2 is 2.14 bits per heavy atom. The molecule has 1 aromatic carbocycles. The molecule has 1 amide bonds. The molecule has 0 aliphatic carbocycles. The lowest BCUT2D eigenvalue weighted by Gasteiger charge is -2.43. The zero-order valence-corrected chi connectivity index (χ0v) is 11.9. The largest absolute Gasteiger partial charge is 0.478 e. The van der Waals surface area contributed by atoms with Crippen LogP contribution in [0.2, 0.25) is 0 Å². The molecule has 5 nitrogen and oxygen atoms in total. The molecule has 0 atom stereocenters. The predicted molar refractivity (Wildman–Crippen MR) is 77.5 cm³/mol. The molecule has 21 heavy (non-hydrogen) atoms. The highest BCUT2D eigenvalue weighted by Crippen LogP contribution is 2.28. The number of amides is 1. The van der Waals surface area contributed by atoms with Gasteiger partial charge >= 0.3 is 5.97 Å². The number of anilines is 1. The number of aliphatic carboxylic acids is 1. The molecule has 0 aromatic heterocycles.